The zero-order valence-corrected chi connectivity index (χ0v) is 12.3. The third-order valence-corrected chi connectivity index (χ3v) is 4.41. The molecular weight excluding hydrogens is 277 g/mol. The van der Waals surface area contributed by atoms with Crippen LogP contribution in [-0.2, 0) is 0 Å². The lowest BCUT2D eigenvalue weighted by Gasteiger charge is -2.11. The molecular formula is C16H13Cl2N. The van der Waals surface area contributed by atoms with Gasteiger partial charge in [-0.1, -0.05) is 47.5 Å². The molecule has 3 heteroatoms. The van der Waals surface area contributed by atoms with Crippen molar-refractivity contribution in [1.82, 2.24) is 4.57 Å². The van der Waals surface area contributed by atoms with Gasteiger partial charge in [0.25, 0.3) is 0 Å². The normalized spacial score (nSPS) is 11.2. The van der Waals surface area contributed by atoms with E-state index in [1.165, 1.54) is 16.6 Å². The van der Waals surface area contributed by atoms with Gasteiger partial charge in [0.2, 0.25) is 0 Å². The van der Waals surface area contributed by atoms with Crippen molar-refractivity contribution in [3.05, 3.63) is 63.8 Å². The number of aryl methyl sites for hydroxylation is 1. The van der Waals surface area contributed by atoms with Gasteiger partial charge in [0.1, 0.15) is 0 Å². The van der Waals surface area contributed by atoms with Crippen molar-refractivity contribution in [2.24, 2.45) is 0 Å². The monoisotopic (exact) mass is 289 g/mol. The van der Waals surface area contributed by atoms with Crippen LogP contribution in [0.25, 0.3) is 16.6 Å². The Hall–Kier alpha value is -1.44. The summed E-state index contributed by atoms with van der Waals surface area (Å²) in [7, 11) is 0. The molecule has 0 atom stereocenters. The summed E-state index contributed by atoms with van der Waals surface area (Å²) >= 11 is 12.5. The molecule has 0 N–H and O–H groups in total. The highest BCUT2D eigenvalue weighted by Crippen LogP contribution is 2.34. The Labute approximate surface area is 122 Å². The van der Waals surface area contributed by atoms with Crippen molar-refractivity contribution < 1.29 is 0 Å². The Morgan fingerprint density at radius 1 is 0.895 bits per heavy atom. The zero-order valence-electron chi connectivity index (χ0n) is 10.7. The predicted octanol–water partition coefficient (Wildman–Crippen LogP) is 5.55. The van der Waals surface area contributed by atoms with Gasteiger partial charge in [-0.05, 0) is 37.6 Å². The quantitative estimate of drug-likeness (QED) is 0.553. The van der Waals surface area contributed by atoms with E-state index in [9.17, 15) is 0 Å². The minimum Gasteiger partial charge on any atom is -0.312 e. The van der Waals surface area contributed by atoms with Gasteiger partial charge in [-0.25, -0.2) is 0 Å². The van der Waals surface area contributed by atoms with Crippen LogP contribution in [0.2, 0.25) is 10.0 Å². The molecule has 1 heterocycles. The van der Waals surface area contributed by atoms with Crippen molar-refractivity contribution >= 4 is 34.1 Å². The molecule has 0 aliphatic rings. The van der Waals surface area contributed by atoms with E-state index in [0.717, 1.165) is 11.2 Å². The van der Waals surface area contributed by atoms with Crippen molar-refractivity contribution in [3.63, 3.8) is 0 Å². The first-order valence-corrected chi connectivity index (χ1v) is 6.88. The van der Waals surface area contributed by atoms with Crippen LogP contribution in [0.15, 0.2) is 42.5 Å². The van der Waals surface area contributed by atoms with E-state index < -0.39 is 0 Å². The summed E-state index contributed by atoms with van der Waals surface area (Å²) in [5.41, 5.74) is 4.54. The number of fused-ring (bicyclic) bond motifs is 1. The number of aromatic nitrogens is 1. The Morgan fingerprint density at radius 2 is 1.63 bits per heavy atom. The summed E-state index contributed by atoms with van der Waals surface area (Å²) in [5.74, 6) is 0. The van der Waals surface area contributed by atoms with Gasteiger partial charge in [-0.2, -0.15) is 0 Å². The van der Waals surface area contributed by atoms with E-state index in [-0.39, 0.29) is 0 Å². The summed E-state index contributed by atoms with van der Waals surface area (Å²) in [4.78, 5) is 0. The SMILES string of the molecule is Cc1c(C)n(-c2cccc(Cl)c2Cl)c2ccccc12. The first-order valence-electron chi connectivity index (χ1n) is 6.12. The first kappa shape index (κ1) is 12.6. The van der Waals surface area contributed by atoms with Crippen LogP contribution >= 0.6 is 23.2 Å². The van der Waals surface area contributed by atoms with Crippen LogP contribution in [-0.4, -0.2) is 4.57 Å². The molecule has 0 bridgehead atoms. The van der Waals surface area contributed by atoms with Gasteiger partial charge in [-0.3, -0.25) is 0 Å². The number of para-hydroxylation sites is 1. The van der Waals surface area contributed by atoms with Gasteiger partial charge in [0.15, 0.2) is 0 Å². The highest BCUT2D eigenvalue weighted by molar-refractivity contribution is 6.43. The smallest absolute Gasteiger partial charge is 0.0832 e. The molecule has 0 fully saturated rings. The van der Waals surface area contributed by atoms with Gasteiger partial charge in [-0.15, -0.1) is 0 Å². The molecule has 3 rings (SSSR count). The lowest BCUT2D eigenvalue weighted by atomic mass is 10.2. The van der Waals surface area contributed by atoms with Crippen LogP contribution in [0.1, 0.15) is 11.3 Å². The van der Waals surface area contributed by atoms with Crippen LogP contribution in [0.5, 0.6) is 0 Å². The standard InChI is InChI=1S/C16H13Cl2N/c1-10-11(2)19(14-8-4-3-6-12(10)14)15-9-5-7-13(17)16(15)18/h3-9H,1-2H3. The third kappa shape index (κ3) is 1.85. The molecule has 1 aromatic heterocycles. The molecule has 0 unspecified atom stereocenters. The Balaban J connectivity index is 2.43. The molecule has 0 aliphatic carbocycles. The van der Waals surface area contributed by atoms with E-state index in [1.54, 1.807) is 6.07 Å². The molecule has 0 radical (unpaired) electrons. The van der Waals surface area contributed by atoms with Crippen LogP contribution < -0.4 is 0 Å². The van der Waals surface area contributed by atoms with Crippen LogP contribution in [0.3, 0.4) is 0 Å². The van der Waals surface area contributed by atoms with Crippen molar-refractivity contribution in [2.45, 2.75) is 13.8 Å². The van der Waals surface area contributed by atoms with Crippen LogP contribution in [0.4, 0.5) is 0 Å². The molecule has 0 saturated heterocycles. The number of benzene rings is 2. The second kappa shape index (κ2) is 4.59. The number of hydrogen-bond acceptors (Lipinski definition) is 0. The van der Waals surface area contributed by atoms with Gasteiger partial charge in [0.05, 0.1) is 21.2 Å². The van der Waals surface area contributed by atoms with Gasteiger partial charge in [0, 0.05) is 11.1 Å². The maximum absolute atomic E-state index is 6.36. The molecule has 19 heavy (non-hydrogen) atoms. The second-order valence-electron chi connectivity index (χ2n) is 4.64. The van der Waals surface area contributed by atoms with Crippen LogP contribution in [0, 0.1) is 13.8 Å². The molecule has 2 aromatic carbocycles. The number of nitrogens with zero attached hydrogens (tertiary/aromatic N) is 1. The largest absolute Gasteiger partial charge is 0.312 e. The van der Waals surface area contributed by atoms with E-state index in [1.807, 2.05) is 18.2 Å². The summed E-state index contributed by atoms with van der Waals surface area (Å²) in [6, 6.07) is 14.1. The maximum atomic E-state index is 6.36. The van der Waals surface area contributed by atoms with Crippen molar-refractivity contribution in [1.29, 1.82) is 0 Å². The third-order valence-electron chi connectivity index (χ3n) is 3.60. The minimum absolute atomic E-state index is 0.578. The zero-order chi connectivity index (χ0) is 13.6. The van der Waals surface area contributed by atoms with Crippen molar-refractivity contribution in [2.75, 3.05) is 0 Å². The lowest BCUT2D eigenvalue weighted by Crippen LogP contribution is -1.97. The Bertz CT molecular complexity index is 772. The number of rotatable bonds is 1. The Kier molecular flexibility index (Phi) is 3.04. The van der Waals surface area contributed by atoms with E-state index in [2.05, 4.69) is 36.6 Å². The number of halogens is 2. The average Bonchev–Trinajstić information content (AvgIpc) is 2.67. The first-order chi connectivity index (χ1) is 9.11. The highest BCUT2D eigenvalue weighted by atomic mass is 35.5. The highest BCUT2D eigenvalue weighted by Gasteiger charge is 2.14. The lowest BCUT2D eigenvalue weighted by molar-refractivity contribution is 1.04. The van der Waals surface area contributed by atoms with E-state index in [0.29, 0.717) is 10.0 Å². The summed E-state index contributed by atoms with van der Waals surface area (Å²) in [6.07, 6.45) is 0. The van der Waals surface area contributed by atoms with E-state index >= 15 is 0 Å². The fourth-order valence-corrected chi connectivity index (χ4v) is 2.88. The molecule has 0 amide bonds. The summed E-state index contributed by atoms with van der Waals surface area (Å²) < 4.78 is 2.17. The van der Waals surface area contributed by atoms with Gasteiger partial charge >= 0.3 is 0 Å². The summed E-state index contributed by atoms with van der Waals surface area (Å²) in [5, 5.41) is 2.41. The molecule has 1 nitrogen and oxygen atoms in total. The topological polar surface area (TPSA) is 4.93 Å². The molecule has 3 aromatic rings. The van der Waals surface area contributed by atoms with E-state index in [4.69, 9.17) is 23.2 Å². The Morgan fingerprint density at radius 3 is 2.42 bits per heavy atom. The summed E-state index contributed by atoms with van der Waals surface area (Å²) in [6.45, 7) is 4.24. The van der Waals surface area contributed by atoms with Gasteiger partial charge < -0.3 is 4.57 Å². The fourth-order valence-electron chi connectivity index (χ4n) is 2.50. The molecule has 0 spiro atoms. The number of hydrogen-bond donors (Lipinski definition) is 0. The maximum Gasteiger partial charge on any atom is 0.0832 e. The van der Waals surface area contributed by atoms with Crippen molar-refractivity contribution in [3.8, 4) is 5.69 Å². The predicted molar refractivity (Wildman–Crippen MR) is 82.8 cm³/mol. The molecule has 96 valence electrons. The molecule has 0 aliphatic heterocycles. The second-order valence-corrected chi connectivity index (χ2v) is 5.42. The minimum atomic E-state index is 0.578. The fraction of sp³-hybridized carbons (Fsp3) is 0.125. The average molecular weight is 290 g/mol. The molecule has 0 saturated carbocycles.